The summed E-state index contributed by atoms with van der Waals surface area (Å²) in [5, 5.41) is 141. The number of esters is 2. The molecule has 8 rings (SSSR count). The second kappa shape index (κ2) is 19.3. The maximum Gasteiger partial charge on any atom is 0.315 e. The van der Waals surface area contributed by atoms with Crippen molar-refractivity contribution in [2.24, 2.45) is 50.2 Å². The molecule has 4 saturated carbocycles. The van der Waals surface area contributed by atoms with Gasteiger partial charge in [-0.15, -0.1) is 0 Å². The first-order valence-corrected chi connectivity index (χ1v) is 24.7. The molecular weight excluding hydrogens is 929 g/mol. The van der Waals surface area contributed by atoms with Crippen molar-refractivity contribution < 1.29 is 109 Å². The minimum atomic E-state index is -1.84. The lowest BCUT2D eigenvalue weighted by Gasteiger charge is -2.72. The van der Waals surface area contributed by atoms with E-state index in [1.54, 1.807) is 19.9 Å². The minimum absolute atomic E-state index is 0.0713. The molecule has 0 aromatic carbocycles. The predicted molar refractivity (Wildman–Crippen MR) is 235 cm³/mol. The highest BCUT2D eigenvalue weighted by atomic mass is 16.7. The fourth-order valence-corrected chi connectivity index (χ4v) is 15.2. The molecule has 8 aliphatic rings. The third-order valence-electron chi connectivity index (χ3n) is 19.4. The zero-order valence-corrected chi connectivity index (χ0v) is 40.6. The van der Waals surface area contributed by atoms with Crippen LogP contribution in [0.15, 0.2) is 11.6 Å². The van der Waals surface area contributed by atoms with Crippen LogP contribution in [0.4, 0.5) is 0 Å². The molecule has 70 heavy (non-hydrogen) atoms. The summed E-state index contributed by atoms with van der Waals surface area (Å²) in [6, 6.07) is 0. The summed E-state index contributed by atoms with van der Waals surface area (Å²) in [4.78, 5) is 28.3. The molecule has 0 unspecified atom stereocenters. The Kier molecular flexibility index (Phi) is 14.9. The average molecular weight is 1010 g/mol. The van der Waals surface area contributed by atoms with Gasteiger partial charge in [0.25, 0.3) is 0 Å². The second-order valence-electron chi connectivity index (χ2n) is 23.1. The number of aliphatic hydroxyl groups is 13. The molecule has 13 N–H and O–H groups in total. The topological polar surface area (TPSA) is 362 Å². The van der Waals surface area contributed by atoms with Gasteiger partial charge in [0.2, 0.25) is 6.29 Å². The van der Waals surface area contributed by atoms with Gasteiger partial charge in [0.05, 0.1) is 62.7 Å². The van der Waals surface area contributed by atoms with Crippen LogP contribution in [0.5, 0.6) is 0 Å². The first-order chi connectivity index (χ1) is 32.8. The number of hydrogen-bond donors (Lipinski definition) is 13. The normalized spacial score (nSPS) is 54.6. The fourth-order valence-electron chi connectivity index (χ4n) is 15.2. The SMILES string of the molecule is COC(=O)[C@@]1(C)CC[C@]2(C(=O)O[C@@H]3O[C@H](CO)[C@@H](O)[C@H](O)[C@H]3O)CC[C@]3(C)C(=C[C@H](O)[C@@H]4[C@@]5(C)C[C@H](O)[C@H](O[C@@H]6OC[C@@H](O[C@@H]7O[C@H](CO)[C@@H](O)[C@H](O)[C@H]7O)[C@H](O)[C@H]6O)[C@@](C)(CO)[C@@H]5CC[C@]43C)[C@@H]2C1. The lowest BCUT2D eigenvalue weighted by atomic mass is 9.33. The Hall–Kier alpha value is -2.04. The summed E-state index contributed by atoms with van der Waals surface area (Å²) < 4.78 is 40.1. The molecule has 0 aromatic heterocycles. The van der Waals surface area contributed by atoms with Crippen molar-refractivity contribution in [3.63, 3.8) is 0 Å². The quantitative estimate of drug-likeness (QED) is 0.0584. The maximum absolute atomic E-state index is 14.8. The average Bonchev–Trinajstić information content (AvgIpc) is 3.32. The Morgan fingerprint density at radius 3 is 1.86 bits per heavy atom. The van der Waals surface area contributed by atoms with E-state index in [0.717, 1.165) is 5.57 Å². The van der Waals surface area contributed by atoms with Crippen LogP contribution < -0.4 is 0 Å². The summed E-state index contributed by atoms with van der Waals surface area (Å²) in [5.41, 5.74) is -5.14. The molecule has 7 fully saturated rings. The van der Waals surface area contributed by atoms with Gasteiger partial charge in [0.1, 0.15) is 67.1 Å². The molecule has 3 aliphatic heterocycles. The Bertz CT molecular complexity index is 1960. The Morgan fingerprint density at radius 2 is 1.26 bits per heavy atom. The third-order valence-corrected chi connectivity index (χ3v) is 19.4. The highest BCUT2D eigenvalue weighted by molar-refractivity contribution is 5.81. The largest absolute Gasteiger partial charge is 0.469 e. The number of carbonyl (C=O) groups is 2. The van der Waals surface area contributed by atoms with Crippen LogP contribution in [0.2, 0.25) is 0 Å². The molecule has 0 aromatic rings. The number of hydrogen-bond acceptors (Lipinski definition) is 22. The summed E-state index contributed by atoms with van der Waals surface area (Å²) in [6.45, 7) is 7.40. The van der Waals surface area contributed by atoms with Crippen LogP contribution in [-0.2, 0) is 42.7 Å². The van der Waals surface area contributed by atoms with E-state index in [1.807, 2.05) is 6.92 Å². The van der Waals surface area contributed by atoms with Gasteiger partial charge in [-0.05, 0) is 86.4 Å². The second-order valence-corrected chi connectivity index (χ2v) is 23.1. The number of ether oxygens (including phenoxy) is 7. The zero-order chi connectivity index (χ0) is 51.4. The lowest BCUT2D eigenvalue weighted by Crippen LogP contribution is -2.71. The molecule has 400 valence electrons. The summed E-state index contributed by atoms with van der Waals surface area (Å²) >= 11 is 0. The number of methoxy groups -OCH3 is 1. The summed E-state index contributed by atoms with van der Waals surface area (Å²) in [6.07, 6.45) is -22.5. The van der Waals surface area contributed by atoms with Crippen LogP contribution in [0.3, 0.4) is 0 Å². The van der Waals surface area contributed by atoms with E-state index in [4.69, 9.17) is 33.2 Å². The van der Waals surface area contributed by atoms with Crippen LogP contribution >= 0.6 is 0 Å². The number of rotatable bonds is 10. The number of aliphatic hydroxyl groups excluding tert-OH is 13. The fraction of sp³-hybridized carbons (Fsp3) is 0.917. The first-order valence-electron chi connectivity index (χ1n) is 24.7. The van der Waals surface area contributed by atoms with Gasteiger partial charge < -0.3 is 99.5 Å². The van der Waals surface area contributed by atoms with Gasteiger partial charge >= 0.3 is 11.9 Å². The summed E-state index contributed by atoms with van der Waals surface area (Å²) in [5.74, 6) is -2.88. The van der Waals surface area contributed by atoms with Crippen LogP contribution in [0, 0.1) is 50.2 Å². The standard InChI is InChI=1S/C48H76O22/c1-43(41(62)64-6)9-11-48(42(63)70-40-35(61)32(58)29(55)25(17-50)67-40)12-10-46(4)20(21(48)14-43)13-22(52)36-44(2)15-23(53)37(45(3,19-51)27(44)7-8-47(36,46)5)69-38-33(59)30(56)26(18-65-38)68-39-34(60)31(57)28(54)24(16-49)66-39/h13,21-40,49-61H,7-12,14-19H2,1-6H3/t21-,22-,23-,24+,25+,26+,27+,28+,29+,30-,31-,32-,33+,34+,35+,36+,37-,38-,39-,40-,43-,44-,45-,46+,47+,48-/m0/s1. The molecule has 3 saturated heterocycles. The van der Waals surface area contributed by atoms with Crippen molar-refractivity contribution in [1.82, 2.24) is 0 Å². The van der Waals surface area contributed by atoms with Crippen LogP contribution in [0.1, 0.15) is 86.0 Å². The van der Waals surface area contributed by atoms with E-state index < -0.39 is 193 Å². The molecule has 0 spiro atoms. The van der Waals surface area contributed by atoms with Gasteiger partial charge in [0.15, 0.2) is 12.6 Å². The number of fused-ring (bicyclic) bond motifs is 7. The van der Waals surface area contributed by atoms with Crippen molar-refractivity contribution in [2.75, 3.05) is 33.5 Å². The van der Waals surface area contributed by atoms with E-state index >= 15 is 0 Å². The highest BCUT2D eigenvalue weighted by Crippen LogP contribution is 2.76. The van der Waals surface area contributed by atoms with Crippen LogP contribution in [-0.4, -0.2) is 216 Å². The van der Waals surface area contributed by atoms with E-state index in [9.17, 15) is 76.0 Å². The third kappa shape index (κ3) is 8.14. The highest BCUT2D eigenvalue weighted by Gasteiger charge is 2.73. The molecule has 0 bridgehead atoms. The van der Waals surface area contributed by atoms with E-state index in [-0.39, 0.29) is 32.1 Å². The van der Waals surface area contributed by atoms with Crippen molar-refractivity contribution >= 4 is 11.9 Å². The molecule has 3 heterocycles. The van der Waals surface area contributed by atoms with Gasteiger partial charge in [-0.2, -0.15) is 0 Å². The molecule has 26 atom stereocenters. The van der Waals surface area contributed by atoms with Gasteiger partial charge in [-0.3, -0.25) is 9.59 Å². The molecular formula is C48H76O22. The van der Waals surface area contributed by atoms with Gasteiger partial charge in [0, 0.05) is 11.3 Å². The molecule has 5 aliphatic carbocycles. The maximum atomic E-state index is 14.8. The van der Waals surface area contributed by atoms with Crippen molar-refractivity contribution in [3.8, 4) is 0 Å². The first kappa shape index (κ1) is 54.2. The Labute approximate surface area is 406 Å². The Morgan fingerprint density at radius 1 is 0.671 bits per heavy atom. The minimum Gasteiger partial charge on any atom is -0.469 e. The predicted octanol–water partition coefficient (Wildman–Crippen LogP) is -3.15. The zero-order valence-electron chi connectivity index (χ0n) is 40.6. The van der Waals surface area contributed by atoms with Gasteiger partial charge in [-0.25, -0.2) is 0 Å². The molecule has 22 nitrogen and oxygen atoms in total. The molecule has 0 radical (unpaired) electrons. The smallest absolute Gasteiger partial charge is 0.315 e. The van der Waals surface area contributed by atoms with Crippen LogP contribution in [0.25, 0.3) is 0 Å². The lowest BCUT2D eigenvalue weighted by molar-refractivity contribution is -0.358. The van der Waals surface area contributed by atoms with Gasteiger partial charge in [-0.1, -0.05) is 39.3 Å². The Balaban J connectivity index is 1.06. The van der Waals surface area contributed by atoms with E-state index in [1.165, 1.54) is 7.11 Å². The summed E-state index contributed by atoms with van der Waals surface area (Å²) in [7, 11) is 1.30. The van der Waals surface area contributed by atoms with E-state index in [0.29, 0.717) is 19.3 Å². The molecule has 22 heteroatoms. The monoisotopic (exact) mass is 1000 g/mol. The van der Waals surface area contributed by atoms with Crippen molar-refractivity contribution in [2.45, 2.75) is 190 Å². The van der Waals surface area contributed by atoms with Crippen molar-refractivity contribution in [1.29, 1.82) is 0 Å². The van der Waals surface area contributed by atoms with E-state index in [2.05, 4.69) is 13.8 Å². The van der Waals surface area contributed by atoms with Crippen molar-refractivity contribution in [3.05, 3.63) is 11.6 Å². The number of allylic oxidation sites excluding steroid dienone is 1. The number of carbonyl (C=O) groups excluding carboxylic acids is 2. The molecule has 0 amide bonds.